The Morgan fingerprint density at radius 3 is 2.77 bits per heavy atom. The van der Waals surface area contributed by atoms with Gasteiger partial charge in [-0.25, -0.2) is 0 Å². The summed E-state index contributed by atoms with van der Waals surface area (Å²) in [6.07, 6.45) is 0.553. The summed E-state index contributed by atoms with van der Waals surface area (Å²) in [5.74, 6) is -0.924. The Morgan fingerprint density at radius 2 is 2.14 bits per heavy atom. The highest BCUT2D eigenvalue weighted by Crippen LogP contribution is 2.27. The van der Waals surface area contributed by atoms with Crippen molar-refractivity contribution in [2.24, 2.45) is 5.92 Å². The van der Waals surface area contributed by atoms with Crippen molar-refractivity contribution >= 4 is 17.5 Å². The van der Waals surface area contributed by atoms with E-state index in [1.807, 2.05) is 39.0 Å². The lowest BCUT2D eigenvalue weighted by Crippen LogP contribution is -2.42. The van der Waals surface area contributed by atoms with Crippen LogP contribution in [-0.2, 0) is 14.3 Å². The van der Waals surface area contributed by atoms with E-state index in [4.69, 9.17) is 4.74 Å². The molecule has 5 nitrogen and oxygen atoms in total. The zero-order valence-corrected chi connectivity index (χ0v) is 13.7. The summed E-state index contributed by atoms with van der Waals surface area (Å²) in [6.45, 7) is 6.95. The van der Waals surface area contributed by atoms with Crippen LogP contribution in [0.15, 0.2) is 18.2 Å². The third-order valence-corrected chi connectivity index (χ3v) is 4.13. The molecule has 1 aromatic rings. The largest absolute Gasteiger partial charge is 0.383 e. The zero-order valence-electron chi connectivity index (χ0n) is 13.7. The molecule has 0 bridgehead atoms. The third kappa shape index (κ3) is 3.47. The molecule has 0 saturated carbocycles. The first-order valence-corrected chi connectivity index (χ1v) is 7.62. The van der Waals surface area contributed by atoms with E-state index in [1.165, 1.54) is 5.56 Å². The van der Waals surface area contributed by atoms with Gasteiger partial charge in [0.1, 0.15) is 5.92 Å². The van der Waals surface area contributed by atoms with E-state index in [9.17, 15) is 9.59 Å². The number of hydrogen-bond acceptors (Lipinski definition) is 3. The van der Waals surface area contributed by atoms with Crippen LogP contribution in [-0.4, -0.2) is 38.1 Å². The molecule has 2 amide bonds. The van der Waals surface area contributed by atoms with Crippen LogP contribution in [0.25, 0.3) is 0 Å². The quantitative estimate of drug-likeness (QED) is 0.844. The molecule has 0 spiro atoms. The molecule has 1 N–H and O–H groups in total. The van der Waals surface area contributed by atoms with Gasteiger partial charge in [0, 0.05) is 25.4 Å². The highest BCUT2D eigenvalue weighted by molar-refractivity contribution is 6.09. The first-order chi connectivity index (χ1) is 10.4. The van der Waals surface area contributed by atoms with Crippen molar-refractivity contribution in [3.05, 3.63) is 29.3 Å². The molecule has 1 aliphatic rings. The highest BCUT2D eigenvalue weighted by Gasteiger charge is 2.37. The van der Waals surface area contributed by atoms with E-state index in [0.29, 0.717) is 19.6 Å². The molecule has 1 fully saturated rings. The Kier molecular flexibility index (Phi) is 5.19. The molecule has 120 valence electrons. The molecule has 0 aliphatic carbocycles. The van der Waals surface area contributed by atoms with Crippen molar-refractivity contribution in [3.8, 4) is 0 Å². The number of nitrogens with one attached hydrogen (secondary N) is 1. The number of carbonyl (C=O) groups excluding carboxylic acids is 2. The van der Waals surface area contributed by atoms with Gasteiger partial charge >= 0.3 is 0 Å². The van der Waals surface area contributed by atoms with Gasteiger partial charge in [-0.3, -0.25) is 9.59 Å². The minimum atomic E-state index is -0.596. The van der Waals surface area contributed by atoms with Crippen molar-refractivity contribution in [3.63, 3.8) is 0 Å². The molecular formula is C17H24N2O3. The lowest BCUT2D eigenvalue weighted by atomic mass is 10.1. The second kappa shape index (κ2) is 6.92. The van der Waals surface area contributed by atoms with E-state index in [0.717, 1.165) is 11.3 Å². The maximum absolute atomic E-state index is 12.5. The fourth-order valence-electron chi connectivity index (χ4n) is 2.71. The number of rotatable bonds is 5. The maximum Gasteiger partial charge on any atom is 0.239 e. The lowest BCUT2D eigenvalue weighted by Gasteiger charge is -2.19. The Balaban J connectivity index is 2.06. The van der Waals surface area contributed by atoms with Gasteiger partial charge in [-0.2, -0.15) is 0 Å². The Bertz CT molecular complexity index is 571. The average molecular weight is 304 g/mol. The second-order valence-corrected chi connectivity index (χ2v) is 5.96. The number of hydrogen-bond donors (Lipinski definition) is 1. The third-order valence-electron chi connectivity index (χ3n) is 4.13. The van der Waals surface area contributed by atoms with Crippen molar-refractivity contribution < 1.29 is 14.3 Å². The van der Waals surface area contributed by atoms with Crippen LogP contribution in [0, 0.1) is 19.8 Å². The molecule has 1 heterocycles. The molecule has 2 rings (SSSR count). The van der Waals surface area contributed by atoms with Crippen molar-refractivity contribution in [2.75, 3.05) is 25.2 Å². The summed E-state index contributed by atoms with van der Waals surface area (Å²) in [5, 5.41) is 2.83. The zero-order chi connectivity index (χ0) is 16.3. The summed E-state index contributed by atoms with van der Waals surface area (Å²) in [4.78, 5) is 26.4. The average Bonchev–Trinajstić information content (AvgIpc) is 2.84. The number of anilines is 1. The number of aryl methyl sites for hydroxylation is 2. The van der Waals surface area contributed by atoms with Gasteiger partial charge in [0.05, 0.1) is 6.61 Å². The minimum absolute atomic E-state index is 0.0963. The summed E-state index contributed by atoms with van der Waals surface area (Å²) in [5.41, 5.74) is 3.21. The highest BCUT2D eigenvalue weighted by atomic mass is 16.5. The van der Waals surface area contributed by atoms with E-state index in [-0.39, 0.29) is 17.9 Å². The van der Waals surface area contributed by atoms with Gasteiger partial charge in [0.15, 0.2) is 0 Å². The molecule has 22 heavy (non-hydrogen) atoms. The molecule has 0 radical (unpaired) electrons. The first-order valence-electron chi connectivity index (χ1n) is 7.62. The normalized spacial score (nSPS) is 19.4. The monoisotopic (exact) mass is 304 g/mol. The Morgan fingerprint density at radius 1 is 1.41 bits per heavy atom. The van der Waals surface area contributed by atoms with Crippen molar-refractivity contribution in [1.29, 1.82) is 0 Å². The Hall–Kier alpha value is -1.88. The topological polar surface area (TPSA) is 58.6 Å². The van der Waals surface area contributed by atoms with Crippen LogP contribution < -0.4 is 10.2 Å². The first kappa shape index (κ1) is 16.5. The van der Waals surface area contributed by atoms with Gasteiger partial charge in [0.25, 0.3) is 0 Å². The van der Waals surface area contributed by atoms with E-state index < -0.39 is 5.92 Å². The van der Waals surface area contributed by atoms with Crippen molar-refractivity contribution in [2.45, 2.75) is 33.2 Å². The fraction of sp³-hybridized carbons (Fsp3) is 0.529. The predicted octanol–water partition coefficient (Wildman–Crippen LogP) is 1.81. The molecule has 0 aromatic heterocycles. The second-order valence-electron chi connectivity index (χ2n) is 5.96. The standard InChI is InChI=1S/C17H24N2O3/c1-11-5-6-14(9-12(11)2)19-8-7-15(17(19)21)16(20)18-13(3)10-22-4/h5-6,9,13,15H,7-8,10H2,1-4H3,(H,18,20)/t13-,15-/m0/s1. The smallest absolute Gasteiger partial charge is 0.239 e. The molecule has 0 unspecified atom stereocenters. The number of ether oxygens (including phenoxy) is 1. The summed E-state index contributed by atoms with van der Waals surface area (Å²) in [6, 6.07) is 5.85. The van der Waals surface area contributed by atoms with Crippen LogP contribution in [0.4, 0.5) is 5.69 Å². The van der Waals surface area contributed by atoms with Crippen LogP contribution in [0.3, 0.4) is 0 Å². The molecule has 1 saturated heterocycles. The van der Waals surface area contributed by atoms with E-state index in [2.05, 4.69) is 5.32 Å². The fourth-order valence-corrected chi connectivity index (χ4v) is 2.71. The van der Waals surface area contributed by atoms with E-state index in [1.54, 1.807) is 12.0 Å². The van der Waals surface area contributed by atoms with Crippen LogP contribution in [0.2, 0.25) is 0 Å². The predicted molar refractivity (Wildman–Crippen MR) is 85.9 cm³/mol. The molecule has 5 heteroatoms. The molecule has 1 aromatic carbocycles. The minimum Gasteiger partial charge on any atom is -0.383 e. The van der Waals surface area contributed by atoms with Gasteiger partial charge in [0.2, 0.25) is 11.8 Å². The number of methoxy groups -OCH3 is 1. The SMILES string of the molecule is COC[C@H](C)NC(=O)[C@@H]1CCN(c2ccc(C)c(C)c2)C1=O. The van der Waals surface area contributed by atoms with Crippen molar-refractivity contribution in [1.82, 2.24) is 5.32 Å². The van der Waals surface area contributed by atoms with Crippen LogP contribution in [0.1, 0.15) is 24.5 Å². The summed E-state index contributed by atoms with van der Waals surface area (Å²) in [7, 11) is 1.59. The molecule has 1 aliphatic heterocycles. The molecular weight excluding hydrogens is 280 g/mol. The maximum atomic E-state index is 12.5. The summed E-state index contributed by atoms with van der Waals surface area (Å²) < 4.78 is 5.00. The molecule has 2 atom stereocenters. The van der Waals surface area contributed by atoms with Crippen LogP contribution >= 0.6 is 0 Å². The number of nitrogens with zero attached hydrogens (tertiary/aromatic N) is 1. The van der Waals surface area contributed by atoms with Crippen LogP contribution in [0.5, 0.6) is 0 Å². The lowest BCUT2D eigenvalue weighted by molar-refractivity contribution is -0.132. The number of carbonyl (C=O) groups is 2. The Labute approximate surface area is 131 Å². The van der Waals surface area contributed by atoms with Gasteiger partial charge in [-0.05, 0) is 50.5 Å². The number of benzene rings is 1. The summed E-state index contributed by atoms with van der Waals surface area (Å²) >= 11 is 0. The van der Waals surface area contributed by atoms with E-state index >= 15 is 0 Å². The van der Waals surface area contributed by atoms with Gasteiger partial charge in [-0.1, -0.05) is 6.07 Å². The number of amides is 2. The van der Waals surface area contributed by atoms with Gasteiger partial charge < -0.3 is 15.0 Å². The van der Waals surface area contributed by atoms with Gasteiger partial charge in [-0.15, -0.1) is 0 Å².